The van der Waals surface area contributed by atoms with Crippen LogP contribution in [0.25, 0.3) is 0 Å². The third kappa shape index (κ3) is 2.34. The number of likely N-dealkylation sites (N-methyl/N-ethyl adjacent to an activating group) is 1. The van der Waals surface area contributed by atoms with Crippen LogP contribution in [-0.2, 0) is 0 Å². The van der Waals surface area contributed by atoms with Crippen LogP contribution in [0.2, 0.25) is 0 Å². The predicted molar refractivity (Wildman–Crippen MR) is 61.1 cm³/mol. The van der Waals surface area contributed by atoms with Crippen molar-refractivity contribution in [1.29, 1.82) is 0 Å². The first kappa shape index (κ1) is 9.27. The second-order valence-corrected chi connectivity index (χ2v) is 4.66. The Kier molecular flexibility index (Phi) is 2.74. The van der Waals surface area contributed by atoms with Crippen LogP contribution in [0.4, 0.5) is 0 Å². The molecule has 0 amide bonds. The van der Waals surface area contributed by atoms with Gasteiger partial charge >= 0.3 is 0 Å². The third-order valence-electron chi connectivity index (χ3n) is 2.13. The maximum absolute atomic E-state index is 5.76. The molecule has 1 aromatic carbocycles. The van der Waals surface area contributed by atoms with Gasteiger partial charge in [0, 0.05) is 16.7 Å². The highest BCUT2D eigenvalue weighted by Gasteiger charge is 2.24. The largest absolute Gasteiger partial charge is 0.488 e. The zero-order valence-corrected chi connectivity index (χ0v) is 9.69. The van der Waals surface area contributed by atoms with Crippen LogP contribution in [0, 0.1) is 3.57 Å². The van der Waals surface area contributed by atoms with Crippen LogP contribution in [0.3, 0.4) is 0 Å². The molecule has 0 unspecified atom stereocenters. The molecular formula is C10H12INO. The number of hydrogen-bond acceptors (Lipinski definition) is 2. The molecule has 0 N–H and O–H groups in total. The Hall–Kier alpha value is -0.290. The Morgan fingerprint density at radius 1 is 1.46 bits per heavy atom. The van der Waals surface area contributed by atoms with Crippen LogP contribution < -0.4 is 4.74 Å². The summed E-state index contributed by atoms with van der Waals surface area (Å²) in [4.78, 5) is 2.25. The number of nitrogens with zero attached hydrogens (tertiary/aromatic N) is 1. The topological polar surface area (TPSA) is 12.5 Å². The number of rotatable bonds is 2. The zero-order chi connectivity index (χ0) is 9.26. The summed E-state index contributed by atoms with van der Waals surface area (Å²) in [5, 5.41) is 0. The van der Waals surface area contributed by atoms with Crippen LogP contribution in [0.15, 0.2) is 24.3 Å². The minimum atomic E-state index is 0.392. The van der Waals surface area contributed by atoms with Crippen molar-refractivity contribution in [2.45, 2.75) is 6.10 Å². The van der Waals surface area contributed by atoms with Gasteiger partial charge in [-0.15, -0.1) is 0 Å². The van der Waals surface area contributed by atoms with E-state index >= 15 is 0 Å². The van der Waals surface area contributed by atoms with Crippen molar-refractivity contribution in [3.05, 3.63) is 27.8 Å². The van der Waals surface area contributed by atoms with Gasteiger partial charge in [0.05, 0.1) is 0 Å². The average Bonchev–Trinajstić information content (AvgIpc) is 2.01. The van der Waals surface area contributed by atoms with Gasteiger partial charge in [0.25, 0.3) is 0 Å². The molecule has 1 aromatic rings. The van der Waals surface area contributed by atoms with Crippen LogP contribution >= 0.6 is 22.6 Å². The minimum Gasteiger partial charge on any atom is -0.488 e. The normalized spacial score (nSPS) is 18.3. The fourth-order valence-corrected chi connectivity index (χ4v) is 1.96. The molecule has 3 heteroatoms. The van der Waals surface area contributed by atoms with Gasteiger partial charge < -0.3 is 4.74 Å². The van der Waals surface area contributed by atoms with Crippen molar-refractivity contribution in [2.24, 2.45) is 0 Å². The molecule has 0 radical (unpaired) electrons. The van der Waals surface area contributed by atoms with E-state index in [2.05, 4.69) is 46.7 Å². The van der Waals surface area contributed by atoms with Gasteiger partial charge in [-0.2, -0.15) is 0 Å². The quantitative estimate of drug-likeness (QED) is 0.772. The summed E-state index contributed by atoms with van der Waals surface area (Å²) in [7, 11) is 2.11. The van der Waals surface area contributed by atoms with Crippen molar-refractivity contribution in [2.75, 3.05) is 20.1 Å². The lowest BCUT2D eigenvalue weighted by molar-refractivity contribution is 0.0388. The van der Waals surface area contributed by atoms with Crippen LogP contribution in [-0.4, -0.2) is 31.1 Å². The van der Waals surface area contributed by atoms with E-state index in [0.29, 0.717) is 6.10 Å². The number of benzene rings is 1. The summed E-state index contributed by atoms with van der Waals surface area (Å²) >= 11 is 2.30. The fourth-order valence-electron chi connectivity index (χ4n) is 1.45. The molecule has 0 aliphatic carbocycles. The molecule has 0 atom stereocenters. The average molecular weight is 289 g/mol. The van der Waals surface area contributed by atoms with Gasteiger partial charge in [-0.3, -0.25) is 4.90 Å². The molecule has 0 bridgehead atoms. The van der Waals surface area contributed by atoms with E-state index < -0.39 is 0 Å². The van der Waals surface area contributed by atoms with Gasteiger partial charge in [-0.25, -0.2) is 0 Å². The Bertz CT molecular complexity index is 297. The van der Waals surface area contributed by atoms with Gasteiger partial charge in [-0.05, 0) is 47.8 Å². The zero-order valence-electron chi connectivity index (χ0n) is 7.53. The Labute approximate surface area is 92.0 Å². The first-order valence-electron chi connectivity index (χ1n) is 4.35. The summed E-state index contributed by atoms with van der Waals surface area (Å²) in [6, 6.07) is 8.18. The summed E-state index contributed by atoms with van der Waals surface area (Å²) in [5.41, 5.74) is 0. The third-order valence-corrected chi connectivity index (χ3v) is 2.80. The fraction of sp³-hybridized carbons (Fsp3) is 0.400. The van der Waals surface area contributed by atoms with Crippen molar-refractivity contribution in [1.82, 2.24) is 4.90 Å². The van der Waals surface area contributed by atoms with Crippen molar-refractivity contribution in [3.63, 3.8) is 0 Å². The lowest BCUT2D eigenvalue weighted by Gasteiger charge is -2.36. The molecule has 1 aliphatic heterocycles. The Morgan fingerprint density at radius 2 is 2.23 bits per heavy atom. The van der Waals surface area contributed by atoms with E-state index in [0.717, 1.165) is 18.8 Å². The molecule has 13 heavy (non-hydrogen) atoms. The van der Waals surface area contributed by atoms with E-state index in [1.165, 1.54) is 3.57 Å². The van der Waals surface area contributed by atoms with E-state index in [4.69, 9.17) is 4.74 Å². The van der Waals surface area contributed by atoms with Crippen molar-refractivity contribution in [3.8, 4) is 5.75 Å². The number of hydrogen-bond donors (Lipinski definition) is 0. The Balaban J connectivity index is 1.94. The van der Waals surface area contributed by atoms with E-state index in [1.54, 1.807) is 0 Å². The number of halogens is 1. The highest BCUT2D eigenvalue weighted by atomic mass is 127. The predicted octanol–water partition coefficient (Wildman–Crippen LogP) is 1.98. The first-order chi connectivity index (χ1) is 6.24. The van der Waals surface area contributed by atoms with Crippen LogP contribution in [0.5, 0.6) is 5.75 Å². The minimum absolute atomic E-state index is 0.392. The lowest BCUT2D eigenvalue weighted by atomic mass is 10.2. The molecule has 0 saturated carbocycles. The van der Waals surface area contributed by atoms with Gasteiger partial charge in [0.15, 0.2) is 0 Å². The summed E-state index contributed by atoms with van der Waals surface area (Å²) in [5.74, 6) is 0.991. The Morgan fingerprint density at radius 3 is 2.85 bits per heavy atom. The van der Waals surface area contributed by atoms with E-state index in [1.807, 2.05) is 12.1 Å². The molecule has 0 aromatic heterocycles. The van der Waals surface area contributed by atoms with Crippen LogP contribution in [0.1, 0.15) is 0 Å². The standard InChI is InChI=1S/C10H12INO/c1-12-6-10(7-12)13-9-4-2-3-8(11)5-9/h2-5,10H,6-7H2,1H3. The molecule has 0 spiro atoms. The lowest BCUT2D eigenvalue weighted by Crippen LogP contribution is -2.51. The second-order valence-electron chi connectivity index (χ2n) is 3.42. The molecule has 1 saturated heterocycles. The van der Waals surface area contributed by atoms with Gasteiger partial charge in [0.2, 0.25) is 0 Å². The number of likely N-dealkylation sites (tertiary alicyclic amines) is 1. The first-order valence-corrected chi connectivity index (χ1v) is 5.43. The smallest absolute Gasteiger partial charge is 0.124 e. The summed E-state index contributed by atoms with van der Waals surface area (Å²) in [6.45, 7) is 2.09. The molecule has 1 heterocycles. The molecule has 1 fully saturated rings. The number of ether oxygens (including phenoxy) is 1. The van der Waals surface area contributed by atoms with E-state index in [9.17, 15) is 0 Å². The van der Waals surface area contributed by atoms with Crippen molar-refractivity contribution < 1.29 is 4.74 Å². The van der Waals surface area contributed by atoms with Gasteiger partial charge in [0.1, 0.15) is 11.9 Å². The van der Waals surface area contributed by atoms with E-state index in [-0.39, 0.29) is 0 Å². The highest BCUT2D eigenvalue weighted by Crippen LogP contribution is 2.19. The summed E-state index contributed by atoms with van der Waals surface area (Å²) < 4.78 is 6.98. The maximum Gasteiger partial charge on any atom is 0.124 e. The SMILES string of the molecule is CN1CC(Oc2cccc(I)c2)C1. The molecule has 2 rings (SSSR count). The highest BCUT2D eigenvalue weighted by molar-refractivity contribution is 14.1. The molecule has 70 valence electrons. The summed E-state index contributed by atoms with van der Waals surface area (Å²) in [6.07, 6.45) is 0.392. The maximum atomic E-state index is 5.76. The monoisotopic (exact) mass is 289 g/mol. The van der Waals surface area contributed by atoms with Gasteiger partial charge in [-0.1, -0.05) is 6.07 Å². The molecule has 1 aliphatic rings. The molecule has 2 nitrogen and oxygen atoms in total. The van der Waals surface area contributed by atoms with Crippen molar-refractivity contribution >= 4 is 22.6 Å². The second kappa shape index (κ2) is 3.84. The molecular weight excluding hydrogens is 277 g/mol.